The number of hydrogen-bond donors (Lipinski definition) is 1. The lowest BCUT2D eigenvalue weighted by Crippen LogP contribution is -2.53. The van der Waals surface area contributed by atoms with E-state index in [0.29, 0.717) is 6.54 Å². The molecule has 1 saturated heterocycles. The van der Waals surface area contributed by atoms with Gasteiger partial charge in [-0.1, -0.05) is 0 Å². The van der Waals surface area contributed by atoms with E-state index >= 15 is 0 Å². The van der Waals surface area contributed by atoms with Crippen molar-refractivity contribution in [3.05, 3.63) is 17.6 Å². The number of hydrogen-bond acceptors (Lipinski definition) is 4. The summed E-state index contributed by atoms with van der Waals surface area (Å²) in [5.74, 6) is 4.44. The number of aromatic nitrogens is 2. The van der Waals surface area contributed by atoms with Crippen LogP contribution in [0.1, 0.15) is 69.3 Å². The van der Waals surface area contributed by atoms with Gasteiger partial charge < -0.3 is 10.2 Å². The lowest BCUT2D eigenvalue weighted by Gasteiger charge is -2.55. The third-order valence-electron chi connectivity index (χ3n) is 7.49. The SMILES string of the molecule is Cc1cc(N2CCCCC2)nc(CNC(=O)C23CC4CC(CC(C4)C2)C3)n1. The Kier molecular flexibility index (Phi) is 4.36. The number of amides is 1. The lowest BCUT2D eigenvalue weighted by atomic mass is 9.49. The molecule has 1 aromatic rings. The van der Waals surface area contributed by atoms with Crippen molar-refractivity contribution in [2.24, 2.45) is 23.2 Å². The number of anilines is 1. The Morgan fingerprint density at radius 2 is 1.70 bits per heavy atom. The molecular weight excluding hydrogens is 336 g/mol. The van der Waals surface area contributed by atoms with Crippen LogP contribution >= 0.6 is 0 Å². The fraction of sp³-hybridized carbons (Fsp3) is 0.773. The van der Waals surface area contributed by atoms with E-state index in [9.17, 15) is 4.79 Å². The number of piperidine rings is 1. The van der Waals surface area contributed by atoms with Gasteiger partial charge in [-0.3, -0.25) is 4.79 Å². The van der Waals surface area contributed by atoms with Gasteiger partial charge in [-0.15, -0.1) is 0 Å². The molecule has 0 radical (unpaired) electrons. The Hall–Kier alpha value is -1.65. The fourth-order valence-corrected chi connectivity index (χ4v) is 6.71. The first kappa shape index (κ1) is 17.4. The summed E-state index contributed by atoms with van der Waals surface area (Å²) in [6.07, 6.45) is 11.2. The van der Waals surface area contributed by atoms with E-state index in [1.165, 1.54) is 38.5 Å². The van der Waals surface area contributed by atoms with Crippen molar-refractivity contribution >= 4 is 11.7 Å². The van der Waals surface area contributed by atoms with E-state index in [2.05, 4.69) is 21.3 Å². The highest BCUT2D eigenvalue weighted by Gasteiger charge is 2.54. The molecule has 1 amide bonds. The second-order valence-electron chi connectivity index (χ2n) is 9.71. The van der Waals surface area contributed by atoms with Gasteiger partial charge in [0.2, 0.25) is 5.91 Å². The van der Waals surface area contributed by atoms with Crippen LogP contribution in [0.2, 0.25) is 0 Å². The molecule has 0 unspecified atom stereocenters. The Morgan fingerprint density at radius 1 is 1.07 bits per heavy atom. The highest BCUT2D eigenvalue weighted by atomic mass is 16.2. The lowest BCUT2D eigenvalue weighted by molar-refractivity contribution is -0.146. The highest BCUT2D eigenvalue weighted by Crippen LogP contribution is 2.60. The number of aryl methyl sites for hydroxylation is 1. The smallest absolute Gasteiger partial charge is 0.226 e. The first-order chi connectivity index (χ1) is 13.1. The molecule has 4 aliphatic carbocycles. The van der Waals surface area contributed by atoms with Crippen LogP contribution in [0.15, 0.2) is 6.07 Å². The number of carbonyl (C=O) groups excluding carboxylic acids is 1. The van der Waals surface area contributed by atoms with Crippen molar-refractivity contribution in [2.75, 3.05) is 18.0 Å². The maximum atomic E-state index is 13.2. The van der Waals surface area contributed by atoms with Crippen LogP contribution in [0.3, 0.4) is 0 Å². The second kappa shape index (κ2) is 6.75. The van der Waals surface area contributed by atoms with Gasteiger partial charge in [0.05, 0.1) is 6.54 Å². The number of carbonyl (C=O) groups is 1. The topological polar surface area (TPSA) is 58.1 Å². The summed E-state index contributed by atoms with van der Waals surface area (Å²) in [5.41, 5.74) is 0.901. The molecule has 1 aromatic heterocycles. The monoisotopic (exact) mass is 368 g/mol. The molecule has 0 atom stereocenters. The van der Waals surface area contributed by atoms with Crippen molar-refractivity contribution in [3.63, 3.8) is 0 Å². The zero-order chi connectivity index (χ0) is 18.4. The first-order valence-corrected chi connectivity index (χ1v) is 11.0. The van der Waals surface area contributed by atoms with E-state index in [1.54, 1.807) is 0 Å². The van der Waals surface area contributed by atoms with Crippen molar-refractivity contribution in [1.29, 1.82) is 0 Å². The van der Waals surface area contributed by atoms with Gasteiger partial charge in [0.25, 0.3) is 0 Å². The van der Waals surface area contributed by atoms with Crippen molar-refractivity contribution < 1.29 is 4.79 Å². The zero-order valence-corrected chi connectivity index (χ0v) is 16.5. The molecule has 0 aromatic carbocycles. The van der Waals surface area contributed by atoms with Crippen LogP contribution in [0.5, 0.6) is 0 Å². The molecule has 5 nitrogen and oxygen atoms in total. The van der Waals surface area contributed by atoms with E-state index in [0.717, 1.165) is 67.4 Å². The van der Waals surface area contributed by atoms with Crippen LogP contribution in [-0.2, 0) is 11.3 Å². The van der Waals surface area contributed by atoms with Crippen LogP contribution in [0.25, 0.3) is 0 Å². The van der Waals surface area contributed by atoms with Gasteiger partial charge in [0.1, 0.15) is 11.6 Å². The minimum atomic E-state index is -0.0890. The van der Waals surface area contributed by atoms with Gasteiger partial charge in [-0.05, 0) is 82.5 Å². The molecule has 4 bridgehead atoms. The standard InChI is InChI=1S/C22H32N4O/c1-15-7-20(26-5-3-2-4-6-26)25-19(24-15)14-23-21(27)22-11-16-8-17(12-22)10-18(9-16)13-22/h7,16-18H,2-6,8-14H2,1H3,(H,23,27). The van der Waals surface area contributed by atoms with Crippen LogP contribution < -0.4 is 10.2 Å². The molecule has 6 rings (SSSR count). The van der Waals surface area contributed by atoms with Crippen LogP contribution in [0.4, 0.5) is 5.82 Å². The summed E-state index contributed by atoms with van der Waals surface area (Å²) in [4.78, 5) is 24.9. The summed E-state index contributed by atoms with van der Waals surface area (Å²) >= 11 is 0. The first-order valence-electron chi connectivity index (χ1n) is 11.0. The van der Waals surface area contributed by atoms with Gasteiger partial charge in [0, 0.05) is 30.3 Å². The average Bonchev–Trinajstić information content (AvgIpc) is 2.65. The normalized spacial score (nSPS) is 34.7. The Bertz CT molecular complexity index is 690. The summed E-state index contributed by atoms with van der Waals surface area (Å²) in [6.45, 7) is 4.65. The number of rotatable bonds is 4. The second-order valence-corrected chi connectivity index (χ2v) is 9.71. The fourth-order valence-electron chi connectivity index (χ4n) is 6.71. The van der Waals surface area contributed by atoms with Gasteiger partial charge in [-0.25, -0.2) is 9.97 Å². The molecule has 146 valence electrons. The van der Waals surface area contributed by atoms with E-state index in [-0.39, 0.29) is 11.3 Å². The van der Waals surface area contributed by atoms with E-state index < -0.39 is 0 Å². The molecule has 1 N–H and O–H groups in total. The van der Waals surface area contributed by atoms with Gasteiger partial charge in [-0.2, -0.15) is 0 Å². The third kappa shape index (κ3) is 3.34. The molecular formula is C22H32N4O. The minimum Gasteiger partial charge on any atom is -0.357 e. The average molecular weight is 369 g/mol. The number of nitrogens with one attached hydrogen (secondary N) is 1. The number of nitrogens with zero attached hydrogens (tertiary/aromatic N) is 3. The summed E-state index contributed by atoms with van der Waals surface area (Å²) in [5, 5.41) is 3.23. The van der Waals surface area contributed by atoms with Crippen molar-refractivity contribution in [1.82, 2.24) is 15.3 Å². The molecule has 5 heteroatoms. The quantitative estimate of drug-likeness (QED) is 0.882. The van der Waals surface area contributed by atoms with Gasteiger partial charge >= 0.3 is 0 Å². The summed E-state index contributed by atoms with van der Waals surface area (Å²) in [7, 11) is 0. The van der Waals surface area contributed by atoms with E-state index in [4.69, 9.17) is 4.98 Å². The largest absolute Gasteiger partial charge is 0.357 e. The maximum absolute atomic E-state index is 13.2. The molecule has 5 aliphatic rings. The van der Waals surface area contributed by atoms with E-state index in [1.807, 2.05) is 6.92 Å². The molecule has 5 fully saturated rings. The zero-order valence-electron chi connectivity index (χ0n) is 16.5. The highest BCUT2D eigenvalue weighted by molar-refractivity contribution is 5.83. The third-order valence-corrected chi connectivity index (χ3v) is 7.49. The molecule has 4 saturated carbocycles. The summed E-state index contributed by atoms with van der Waals surface area (Å²) in [6, 6.07) is 2.08. The van der Waals surface area contributed by atoms with Gasteiger partial charge in [0.15, 0.2) is 0 Å². The Labute approximate surface area is 162 Å². The molecule has 1 aliphatic heterocycles. The Morgan fingerprint density at radius 3 is 2.33 bits per heavy atom. The molecule has 0 spiro atoms. The minimum absolute atomic E-state index is 0.0890. The van der Waals surface area contributed by atoms with Crippen LogP contribution in [0, 0.1) is 30.1 Å². The molecule has 2 heterocycles. The summed E-state index contributed by atoms with van der Waals surface area (Å²) < 4.78 is 0. The Balaban J connectivity index is 1.27. The maximum Gasteiger partial charge on any atom is 0.226 e. The van der Waals surface area contributed by atoms with Crippen LogP contribution in [-0.4, -0.2) is 29.0 Å². The van der Waals surface area contributed by atoms with Crippen molar-refractivity contribution in [2.45, 2.75) is 71.3 Å². The predicted molar refractivity (Wildman–Crippen MR) is 105 cm³/mol. The molecule has 27 heavy (non-hydrogen) atoms. The predicted octanol–water partition coefficient (Wildman–Crippen LogP) is 3.61. The van der Waals surface area contributed by atoms with Crippen molar-refractivity contribution in [3.8, 4) is 0 Å².